The standard InChI is InChI=1S/C10H14N8S2/c11-5-3-15-9(17-7(5)13)19-1-2-20-10-16-4-6(12)8(14)18-10/h3-4H,1-2,11-12H2,(H2,13,15,17)(H2,14,16,18). The molecule has 20 heavy (non-hydrogen) atoms. The van der Waals surface area contributed by atoms with Gasteiger partial charge in [0.25, 0.3) is 0 Å². The predicted octanol–water partition coefficient (Wildman–Crippen LogP) is 0.480. The molecule has 0 aliphatic carbocycles. The summed E-state index contributed by atoms with van der Waals surface area (Å²) in [5, 5.41) is 1.19. The number of anilines is 4. The fraction of sp³-hybridized carbons (Fsp3) is 0.200. The zero-order valence-electron chi connectivity index (χ0n) is 10.5. The Hall–Kier alpha value is -1.94. The van der Waals surface area contributed by atoms with Crippen molar-refractivity contribution in [3.05, 3.63) is 12.4 Å². The van der Waals surface area contributed by atoms with E-state index in [1.165, 1.54) is 35.9 Å². The van der Waals surface area contributed by atoms with Crippen LogP contribution >= 0.6 is 23.5 Å². The third-order valence-corrected chi connectivity index (χ3v) is 4.18. The van der Waals surface area contributed by atoms with Crippen molar-refractivity contribution in [3.63, 3.8) is 0 Å². The molecule has 0 aliphatic heterocycles. The van der Waals surface area contributed by atoms with E-state index in [1.54, 1.807) is 0 Å². The molecule has 0 saturated heterocycles. The molecule has 0 saturated carbocycles. The van der Waals surface area contributed by atoms with Gasteiger partial charge in [-0.05, 0) is 0 Å². The van der Waals surface area contributed by atoms with Gasteiger partial charge in [-0.25, -0.2) is 19.9 Å². The molecule has 10 heteroatoms. The first kappa shape index (κ1) is 14.5. The van der Waals surface area contributed by atoms with E-state index in [2.05, 4.69) is 19.9 Å². The highest BCUT2D eigenvalue weighted by molar-refractivity contribution is 8.02. The molecule has 8 nitrogen and oxygen atoms in total. The quantitative estimate of drug-likeness (QED) is 0.348. The second kappa shape index (κ2) is 6.48. The number of nitrogens with two attached hydrogens (primary N) is 4. The van der Waals surface area contributed by atoms with Crippen molar-refractivity contribution in [3.8, 4) is 0 Å². The summed E-state index contributed by atoms with van der Waals surface area (Å²) in [4.78, 5) is 16.3. The van der Waals surface area contributed by atoms with E-state index < -0.39 is 0 Å². The molecule has 0 amide bonds. The summed E-state index contributed by atoms with van der Waals surface area (Å²) >= 11 is 2.96. The third kappa shape index (κ3) is 3.78. The number of hydrogen-bond acceptors (Lipinski definition) is 10. The SMILES string of the molecule is Nc1cnc(SCCSc2ncc(N)c(N)n2)nc1N. The van der Waals surface area contributed by atoms with Gasteiger partial charge < -0.3 is 22.9 Å². The summed E-state index contributed by atoms with van der Waals surface area (Å²) in [7, 11) is 0. The summed E-state index contributed by atoms with van der Waals surface area (Å²) in [6, 6.07) is 0. The summed E-state index contributed by atoms with van der Waals surface area (Å²) in [5.74, 6) is 2.15. The molecule has 0 aromatic carbocycles. The maximum Gasteiger partial charge on any atom is 0.189 e. The van der Waals surface area contributed by atoms with E-state index in [4.69, 9.17) is 22.9 Å². The Morgan fingerprint density at radius 3 is 1.50 bits per heavy atom. The van der Waals surface area contributed by atoms with Crippen molar-refractivity contribution in [2.75, 3.05) is 34.4 Å². The normalized spacial score (nSPS) is 10.6. The van der Waals surface area contributed by atoms with Crippen LogP contribution in [0.2, 0.25) is 0 Å². The average Bonchev–Trinajstić information content (AvgIpc) is 2.42. The average molecular weight is 310 g/mol. The minimum absolute atomic E-state index is 0.296. The lowest BCUT2D eigenvalue weighted by Crippen LogP contribution is -2.02. The van der Waals surface area contributed by atoms with Gasteiger partial charge in [0.2, 0.25) is 0 Å². The van der Waals surface area contributed by atoms with Crippen LogP contribution < -0.4 is 22.9 Å². The predicted molar refractivity (Wildman–Crippen MR) is 83.2 cm³/mol. The third-order valence-electron chi connectivity index (χ3n) is 2.20. The molecule has 0 bridgehead atoms. The van der Waals surface area contributed by atoms with Crippen LogP contribution in [-0.4, -0.2) is 31.4 Å². The van der Waals surface area contributed by atoms with Crippen molar-refractivity contribution in [2.45, 2.75) is 10.3 Å². The molecule has 2 rings (SSSR count). The highest BCUT2D eigenvalue weighted by atomic mass is 32.2. The van der Waals surface area contributed by atoms with Gasteiger partial charge >= 0.3 is 0 Å². The molecule has 106 valence electrons. The van der Waals surface area contributed by atoms with Crippen LogP contribution in [0.15, 0.2) is 22.7 Å². The van der Waals surface area contributed by atoms with E-state index >= 15 is 0 Å². The lowest BCUT2D eigenvalue weighted by Gasteiger charge is -2.03. The largest absolute Gasteiger partial charge is 0.394 e. The lowest BCUT2D eigenvalue weighted by molar-refractivity contribution is 0.976. The monoisotopic (exact) mass is 310 g/mol. The zero-order valence-corrected chi connectivity index (χ0v) is 12.1. The summed E-state index contributed by atoms with van der Waals surface area (Å²) in [5.41, 5.74) is 23.1. The fourth-order valence-electron chi connectivity index (χ4n) is 1.18. The van der Waals surface area contributed by atoms with Crippen molar-refractivity contribution in [1.82, 2.24) is 19.9 Å². The van der Waals surface area contributed by atoms with Gasteiger partial charge in [-0.3, -0.25) is 0 Å². The summed E-state index contributed by atoms with van der Waals surface area (Å²) in [6.07, 6.45) is 3.00. The van der Waals surface area contributed by atoms with Crippen LogP contribution in [0.3, 0.4) is 0 Å². The number of rotatable bonds is 5. The number of nitrogens with zero attached hydrogens (tertiary/aromatic N) is 4. The molecular formula is C10H14N8S2. The zero-order chi connectivity index (χ0) is 14.5. The van der Waals surface area contributed by atoms with Gasteiger partial charge in [-0.1, -0.05) is 23.5 Å². The van der Waals surface area contributed by atoms with Crippen molar-refractivity contribution < 1.29 is 0 Å². The van der Waals surface area contributed by atoms with Crippen LogP contribution in [0, 0.1) is 0 Å². The van der Waals surface area contributed by atoms with E-state index in [1.807, 2.05) is 0 Å². The first-order valence-electron chi connectivity index (χ1n) is 5.58. The second-order valence-electron chi connectivity index (χ2n) is 3.68. The Morgan fingerprint density at radius 1 is 0.750 bits per heavy atom. The van der Waals surface area contributed by atoms with Crippen molar-refractivity contribution >= 4 is 46.5 Å². The molecule has 8 N–H and O–H groups in total. The number of hydrogen-bond donors (Lipinski definition) is 4. The molecular weight excluding hydrogens is 296 g/mol. The number of aromatic nitrogens is 4. The van der Waals surface area contributed by atoms with Gasteiger partial charge in [-0.2, -0.15) is 0 Å². The minimum atomic E-state index is 0.296. The summed E-state index contributed by atoms with van der Waals surface area (Å²) in [6.45, 7) is 0. The van der Waals surface area contributed by atoms with Crippen LogP contribution in [0.25, 0.3) is 0 Å². The smallest absolute Gasteiger partial charge is 0.189 e. The molecule has 2 heterocycles. The van der Waals surface area contributed by atoms with Gasteiger partial charge in [0.05, 0.1) is 23.8 Å². The van der Waals surface area contributed by atoms with Crippen LogP contribution in [0.1, 0.15) is 0 Å². The van der Waals surface area contributed by atoms with E-state index in [0.717, 1.165) is 11.5 Å². The Morgan fingerprint density at radius 2 is 1.15 bits per heavy atom. The molecule has 0 unspecified atom stereocenters. The maximum absolute atomic E-state index is 5.61. The van der Waals surface area contributed by atoms with Crippen LogP contribution in [0.4, 0.5) is 23.0 Å². The highest BCUT2D eigenvalue weighted by Gasteiger charge is 2.04. The van der Waals surface area contributed by atoms with Crippen LogP contribution in [-0.2, 0) is 0 Å². The van der Waals surface area contributed by atoms with Gasteiger partial charge in [0.1, 0.15) is 0 Å². The molecule has 0 atom stereocenters. The first-order chi connectivity index (χ1) is 9.56. The Balaban J connectivity index is 1.81. The van der Waals surface area contributed by atoms with Crippen molar-refractivity contribution in [1.29, 1.82) is 0 Å². The number of nitrogen functional groups attached to an aromatic ring is 4. The Labute approximate surface area is 124 Å². The summed E-state index contributed by atoms with van der Waals surface area (Å²) < 4.78 is 0. The van der Waals surface area contributed by atoms with Gasteiger partial charge in [0.15, 0.2) is 21.9 Å². The molecule has 0 radical (unpaired) electrons. The van der Waals surface area contributed by atoms with Gasteiger partial charge in [-0.15, -0.1) is 0 Å². The number of thioether (sulfide) groups is 2. The molecule has 2 aromatic rings. The van der Waals surface area contributed by atoms with E-state index in [9.17, 15) is 0 Å². The fourth-order valence-corrected chi connectivity index (χ4v) is 2.79. The Bertz CT molecular complexity index is 552. The second-order valence-corrected chi connectivity index (χ2v) is 5.81. The van der Waals surface area contributed by atoms with Crippen LogP contribution in [0.5, 0.6) is 0 Å². The minimum Gasteiger partial charge on any atom is -0.394 e. The van der Waals surface area contributed by atoms with E-state index in [0.29, 0.717) is 33.3 Å². The topological polar surface area (TPSA) is 156 Å². The maximum atomic E-state index is 5.61. The van der Waals surface area contributed by atoms with E-state index in [-0.39, 0.29) is 0 Å². The molecule has 2 aromatic heterocycles. The van der Waals surface area contributed by atoms with Gasteiger partial charge in [0, 0.05) is 11.5 Å². The highest BCUT2D eigenvalue weighted by Crippen LogP contribution is 2.21. The molecule has 0 aliphatic rings. The first-order valence-corrected chi connectivity index (χ1v) is 7.55. The molecule has 0 spiro atoms. The molecule has 0 fully saturated rings. The lowest BCUT2D eigenvalue weighted by atomic mass is 10.5. The van der Waals surface area contributed by atoms with Crippen molar-refractivity contribution in [2.24, 2.45) is 0 Å². The Kier molecular flexibility index (Phi) is 4.69.